The Kier molecular flexibility index (Phi) is 5.08. The highest BCUT2D eigenvalue weighted by atomic mass is 32.1. The number of esters is 1. The molecule has 0 saturated carbocycles. The lowest BCUT2D eigenvalue weighted by atomic mass is 9.95. The first-order chi connectivity index (χ1) is 12.5. The molecule has 3 rings (SSSR count). The Morgan fingerprint density at radius 3 is 2.81 bits per heavy atom. The monoisotopic (exact) mass is 377 g/mol. The quantitative estimate of drug-likeness (QED) is 0.622. The minimum absolute atomic E-state index is 0.131. The molecule has 0 atom stereocenters. The lowest BCUT2D eigenvalue weighted by Gasteiger charge is -2.11. The van der Waals surface area contributed by atoms with E-state index in [1.807, 2.05) is 0 Å². The van der Waals surface area contributed by atoms with Gasteiger partial charge in [0.25, 0.3) is 5.56 Å². The standard InChI is InChI=1S/C17H19N3O5S/c1-3-20-15(22)10(13(21)19-17(20)24)8-18-14-12(16(23)25-2)9-6-4-5-7-11(9)26-14/h8,22H,3-7H2,1-2H3,(H,19,21,24)/b18-8+. The van der Waals surface area contributed by atoms with Crippen LogP contribution in [0.4, 0.5) is 5.00 Å². The van der Waals surface area contributed by atoms with Gasteiger partial charge in [0, 0.05) is 17.6 Å². The fourth-order valence-corrected chi connectivity index (χ4v) is 4.28. The minimum atomic E-state index is -0.734. The van der Waals surface area contributed by atoms with Gasteiger partial charge >= 0.3 is 11.7 Å². The molecule has 0 unspecified atom stereocenters. The van der Waals surface area contributed by atoms with E-state index >= 15 is 0 Å². The summed E-state index contributed by atoms with van der Waals surface area (Å²) in [5.41, 5.74) is -0.176. The maximum atomic E-state index is 12.2. The van der Waals surface area contributed by atoms with Crippen LogP contribution < -0.4 is 11.2 Å². The maximum Gasteiger partial charge on any atom is 0.341 e. The van der Waals surface area contributed by atoms with Crippen molar-refractivity contribution >= 4 is 28.5 Å². The van der Waals surface area contributed by atoms with Gasteiger partial charge in [-0.15, -0.1) is 11.3 Å². The van der Waals surface area contributed by atoms with E-state index in [1.165, 1.54) is 24.7 Å². The van der Waals surface area contributed by atoms with Gasteiger partial charge in [-0.3, -0.25) is 14.3 Å². The fraction of sp³-hybridized carbons (Fsp3) is 0.412. The second-order valence-electron chi connectivity index (χ2n) is 5.88. The van der Waals surface area contributed by atoms with Crippen LogP contribution in [0.3, 0.4) is 0 Å². The van der Waals surface area contributed by atoms with E-state index in [1.54, 1.807) is 6.92 Å². The van der Waals surface area contributed by atoms with Gasteiger partial charge in [-0.05, 0) is 38.2 Å². The van der Waals surface area contributed by atoms with Crippen LogP contribution in [0.2, 0.25) is 0 Å². The van der Waals surface area contributed by atoms with Gasteiger partial charge in [-0.25, -0.2) is 14.6 Å². The van der Waals surface area contributed by atoms with Crippen LogP contribution in [0.5, 0.6) is 5.88 Å². The highest BCUT2D eigenvalue weighted by Gasteiger charge is 2.25. The molecular weight excluding hydrogens is 358 g/mol. The zero-order valence-corrected chi connectivity index (χ0v) is 15.3. The number of nitrogens with one attached hydrogen (secondary N) is 1. The smallest absolute Gasteiger partial charge is 0.341 e. The van der Waals surface area contributed by atoms with Crippen molar-refractivity contribution in [2.24, 2.45) is 4.99 Å². The van der Waals surface area contributed by atoms with E-state index in [4.69, 9.17) is 4.74 Å². The number of thiophene rings is 1. The van der Waals surface area contributed by atoms with E-state index in [0.717, 1.165) is 40.7 Å². The molecular formula is C17H19N3O5S. The molecule has 0 radical (unpaired) electrons. The molecule has 2 aromatic rings. The lowest BCUT2D eigenvalue weighted by Crippen LogP contribution is -2.31. The molecule has 26 heavy (non-hydrogen) atoms. The number of rotatable bonds is 4. The number of aromatic amines is 1. The first-order valence-electron chi connectivity index (χ1n) is 8.30. The summed E-state index contributed by atoms with van der Waals surface area (Å²) in [6.45, 7) is 1.87. The number of aromatic hydroxyl groups is 1. The van der Waals surface area contributed by atoms with E-state index in [9.17, 15) is 19.5 Å². The van der Waals surface area contributed by atoms with E-state index in [0.29, 0.717) is 10.6 Å². The van der Waals surface area contributed by atoms with Gasteiger partial charge < -0.3 is 9.84 Å². The van der Waals surface area contributed by atoms with E-state index < -0.39 is 23.1 Å². The molecule has 0 aromatic carbocycles. The number of hydrogen-bond acceptors (Lipinski definition) is 7. The summed E-state index contributed by atoms with van der Waals surface area (Å²) >= 11 is 1.39. The molecule has 2 heterocycles. The number of H-pyrrole nitrogens is 1. The third kappa shape index (κ3) is 3.10. The molecule has 0 fully saturated rings. The number of ether oxygens (including phenoxy) is 1. The molecule has 2 N–H and O–H groups in total. The zero-order valence-electron chi connectivity index (χ0n) is 14.5. The highest BCUT2D eigenvalue weighted by Crippen LogP contribution is 2.40. The largest absolute Gasteiger partial charge is 0.494 e. The molecule has 0 spiro atoms. The van der Waals surface area contributed by atoms with Gasteiger partial charge in [-0.2, -0.15) is 0 Å². The van der Waals surface area contributed by atoms with Crippen LogP contribution in [0.1, 0.15) is 46.1 Å². The summed E-state index contributed by atoms with van der Waals surface area (Å²) in [5.74, 6) is -0.917. The number of aromatic nitrogens is 2. The first kappa shape index (κ1) is 18.1. The Labute approximate surface area is 152 Å². The van der Waals surface area contributed by atoms with Crippen LogP contribution in [-0.2, 0) is 24.1 Å². The third-order valence-corrected chi connectivity index (χ3v) is 5.58. The van der Waals surface area contributed by atoms with Crippen molar-refractivity contribution in [3.05, 3.63) is 42.4 Å². The Bertz CT molecular complexity index is 999. The molecule has 2 aromatic heterocycles. The summed E-state index contributed by atoms with van der Waals surface area (Å²) in [7, 11) is 1.32. The second-order valence-corrected chi connectivity index (χ2v) is 6.97. The number of carbonyl (C=O) groups is 1. The molecule has 8 nitrogen and oxygen atoms in total. The Hall–Kier alpha value is -2.68. The topological polar surface area (TPSA) is 114 Å². The Morgan fingerprint density at radius 2 is 2.12 bits per heavy atom. The van der Waals surface area contributed by atoms with Gasteiger partial charge in [0.15, 0.2) is 0 Å². The molecule has 1 aliphatic rings. The molecule has 0 amide bonds. The Balaban J connectivity index is 2.10. The zero-order chi connectivity index (χ0) is 18.8. The van der Waals surface area contributed by atoms with Crippen molar-refractivity contribution in [3.63, 3.8) is 0 Å². The van der Waals surface area contributed by atoms with Crippen LogP contribution >= 0.6 is 11.3 Å². The summed E-state index contributed by atoms with van der Waals surface area (Å²) in [4.78, 5) is 43.4. The predicted molar refractivity (Wildman–Crippen MR) is 98.2 cm³/mol. The average molecular weight is 377 g/mol. The first-order valence-corrected chi connectivity index (χ1v) is 9.12. The number of methoxy groups -OCH3 is 1. The normalized spacial score (nSPS) is 13.8. The molecule has 9 heteroatoms. The molecule has 138 valence electrons. The predicted octanol–water partition coefficient (Wildman–Crippen LogP) is 1.74. The Morgan fingerprint density at radius 1 is 1.38 bits per heavy atom. The van der Waals surface area contributed by atoms with Crippen LogP contribution in [0.25, 0.3) is 0 Å². The number of aryl methyl sites for hydroxylation is 1. The number of carbonyl (C=O) groups excluding carboxylic acids is 1. The van der Waals surface area contributed by atoms with Crippen molar-refractivity contribution in [1.29, 1.82) is 0 Å². The summed E-state index contributed by atoms with van der Waals surface area (Å²) in [5, 5.41) is 10.6. The molecule has 0 saturated heterocycles. The van der Waals surface area contributed by atoms with Crippen molar-refractivity contribution < 1.29 is 14.6 Å². The van der Waals surface area contributed by atoms with Crippen molar-refractivity contribution in [1.82, 2.24) is 9.55 Å². The molecule has 0 aliphatic heterocycles. The van der Waals surface area contributed by atoms with Crippen LogP contribution in [0, 0.1) is 0 Å². The van der Waals surface area contributed by atoms with Gasteiger partial charge in [0.1, 0.15) is 10.6 Å². The fourth-order valence-electron chi connectivity index (χ4n) is 3.06. The van der Waals surface area contributed by atoms with Crippen LogP contribution in [-0.4, -0.2) is 34.0 Å². The molecule has 1 aliphatic carbocycles. The SMILES string of the molecule is CCn1c(O)c(/C=N/c2sc3c(c2C(=O)OC)CCCC3)c(=O)[nH]c1=O. The highest BCUT2D eigenvalue weighted by molar-refractivity contribution is 7.16. The third-order valence-electron chi connectivity index (χ3n) is 4.38. The minimum Gasteiger partial charge on any atom is -0.494 e. The van der Waals surface area contributed by atoms with Crippen molar-refractivity contribution in [2.45, 2.75) is 39.2 Å². The van der Waals surface area contributed by atoms with Crippen molar-refractivity contribution in [3.8, 4) is 5.88 Å². The second kappa shape index (κ2) is 7.28. The summed E-state index contributed by atoms with van der Waals surface area (Å²) < 4.78 is 5.92. The number of aliphatic imine (C=N–C) groups is 1. The lowest BCUT2D eigenvalue weighted by molar-refractivity contribution is 0.0601. The number of fused-ring (bicyclic) bond motifs is 1. The maximum absolute atomic E-state index is 12.2. The number of nitrogens with zero attached hydrogens (tertiary/aromatic N) is 2. The summed E-state index contributed by atoms with van der Waals surface area (Å²) in [6.07, 6.45) is 4.91. The average Bonchev–Trinajstić information content (AvgIpc) is 2.99. The van der Waals surface area contributed by atoms with E-state index in [-0.39, 0.29) is 12.1 Å². The number of hydrogen-bond donors (Lipinski definition) is 2. The van der Waals surface area contributed by atoms with Crippen LogP contribution in [0.15, 0.2) is 14.6 Å². The van der Waals surface area contributed by atoms with Gasteiger partial charge in [0.05, 0.1) is 12.7 Å². The molecule has 0 bridgehead atoms. The van der Waals surface area contributed by atoms with Gasteiger partial charge in [0.2, 0.25) is 5.88 Å². The summed E-state index contributed by atoms with van der Waals surface area (Å²) in [6, 6.07) is 0. The van der Waals surface area contributed by atoms with Gasteiger partial charge in [-0.1, -0.05) is 0 Å². The van der Waals surface area contributed by atoms with E-state index in [2.05, 4.69) is 9.98 Å². The van der Waals surface area contributed by atoms with Crippen molar-refractivity contribution in [2.75, 3.05) is 7.11 Å².